The van der Waals surface area contributed by atoms with Crippen molar-refractivity contribution in [1.29, 1.82) is 0 Å². The molecule has 2 rings (SSSR count). The zero-order chi connectivity index (χ0) is 13.1. The third-order valence-electron chi connectivity index (χ3n) is 2.87. The maximum Gasteiger partial charge on any atom is 0.187 e. The molecule has 0 aromatic heterocycles. The second kappa shape index (κ2) is 5.08. The van der Waals surface area contributed by atoms with Crippen LogP contribution in [0.3, 0.4) is 0 Å². The molecule has 1 aromatic carbocycles. The van der Waals surface area contributed by atoms with Crippen LogP contribution in [0.15, 0.2) is 22.1 Å². The van der Waals surface area contributed by atoms with Crippen molar-refractivity contribution >= 4 is 17.7 Å². The Balaban J connectivity index is 2.60. The Morgan fingerprint density at radius 1 is 1.50 bits per heavy atom. The van der Waals surface area contributed by atoms with Gasteiger partial charge in [0.15, 0.2) is 11.5 Å². The van der Waals surface area contributed by atoms with Crippen LogP contribution < -0.4 is 4.74 Å². The van der Waals surface area contributed by atoms with E-state index >= 15 is 0 Å². The van der Waals surface area contributed by atoms with Gasteiger partial charge in [-0.2, -0.15) is 0 Å². The highest BCUT2D eigenvalue weighted by atomic mass is 16.5. The summed E-state index contributed by atoms with van der Waals surface area (Å²) in [6.07, 6.45) is 1.68. The molecular formula is C13H17N3O2. The molecule has 0 radical (unpaired) electrons. The number of aliphatic imine (C=N–C) groups is 2. The van der Waals surface area contributed by atoms with E-state index in [1.54, 1.807) is 12.3 Å². The fourth-order valence-electron chi connectivity index (χ4n) is 2.02. The fraction of sp³-hybridized carbons (Fsp3) is 0.385. The standard InChI is InChI=1S/C13H17N3O2/c1-4-14-11-9(13-15-7-8-16(13)2)5-6-10(17)12(11)18-3/h4-6,17H,7-8H2,1-3H3. The molecule has 1 aliphatic rings. The zero-order valence-electron chi connectivity index (χ0n) is 10.8. The molecule has 1 aromatic rings. The van der Waals surface area contributed by atoms with Crippen LogP contribution in [-0.4, -0.2) is 49.3 Å². The molecule has 1 heterocycles. The van der Waals surface area contributed by atoms with Crippen molar-refractivity contribution in [2.24, 2.45) is 9.98 Å². The summed E-state index contributed by atoms with van der Waals surface area (Å²) in [4.78, 5) is 10.8. The molecule has 0 saturated heterocycles. The Bertz CT molecular complexity index is 509. The average Bonchev–Trinajstić information content (AvgIpc) is 2.77. The molecule has 5 nitrogen and oxygen atoms in total. The molecule has 5 heteroatoms. The van der Waals surface area contributed by atoms with Crippen LogP contribution in [0.1, 0.15) is 12.5 Å². The maximum atomic E-state index is 9.80. The van der Waals surface area contributed by atoms with Gasteiger partial charge in [-0.05, 0) is 19.1 Å². The molecule has 0 bridgehead atoms. The van der Waals surface area contributed by atoms with E-state index in [-0.39, 0.29) is 5.75 Å². The van der Waals surface area contributed by atoms with Gasteiger partial charge in [0.05, 0.1) is 13.7 Å². The summed E-state index contributed by atoms with van der Waals surface area (Å²) < 4.78 is 5.23. The molecular weight excluding hydrogens is 230 g/mol. The fourth-order valence-corrected chi connectivity index (χ4v) is 2.02. The Labute approximate surface area is 106 Å². The number of aromatic hydroxyl groups is 1. The number of likely N-dealkylation sites (N-methyl/N-ethyl adjacent to an activating group) is 1. The number of nitrogens with zero attached hydrogens (tertiary/aromatic N) is 3. The first-order valence-corrected chi connectivity index (χ1v) is 5.83. The van der Waals surface area contributed by atoms with Crippen molar-refractivity contribution in [3.05, 3.63) is 17.7 Å². The molecule has 0 amide bonds. The summed E-state index contributed by atoms with van der Waals surface area (Å²) in [5, 5.41) is 9.80. The third-order valence-corrected chi connectivity index (χ3v) is 2.87. The monoisotopic (exact) mass is 247 g/mol. The summed E-state index contributed by atoms with van der Waals surface area (Å²) in [7, 11) is 3.51. The molecule has 0 saturated carbocycles. The van der Waals surface area contributed by atoms with E-state index in [0.717, 1.165) is 24.5 Å². The van der Waals surface area contributed by atoms with Gasteiger partial charge in [0.1, 0.15) is 11.5 Å². The molecule has 0 aliphatic carbocycles. The van der Waals surface area contributed by atoms with Crippen LogP contribution in [0.4, 0.5) is 5.69 Å². The SMILES string of the molecule is CC=Nc1c(C2=NCCN2C)ccc(O)c1OC. The van der Waals surface area contributed by atoms with E-state index in [1.807, 2.05) is 20.0 Å². The summed E-state index contributed by atoms with van der Waals surface area (Å²) >= 11 is 0. The predicted molar refractivity (Wildman–Crippen MR) is 72.5 cm³/mol. The van der Waals surface area contributed by atoms with E-state index in [4.69, 9.17) is 4.74 Å². The first-order valence-electron chi connectivity index (χ1n) is 5.83. The van der Waals surface area contributed by atoms with E-state index in [9.17, 15) is 5.11 Å². The first kappa shape index (κ1) is 12.4. The molecule has 0 atom stereocenters. The lowest BCUT2D eigenvalue weighted by Gasteiger charge is -2.17. The van der Waals surface area contributed by atoms with E-state index in [1.165, 1.54) is 7.11 Å². The van der Waals surface area contributed by atoms with Gasteiger partial charge in [0.25, 0.3) is 0 Å². The Hall–Kier alpha value is -2.04. The molecule has 1 N–H and O–H groups in total. The van der Waals surface area contributed by atoms with E-state index in [2.05, 4.69) is 14.9 Å². The maximum absolute atomic E-state index is 9.80. The smallest absolute Gasteiger partial charge is 0.187 e. The molecule has 0 spiro atoms. The number of rotatable bonds is 3. The minimum atomic E-state index is 0.0862. The Morgan fingerprint density at radius 3 is 2.83 bits per heavy atom. The quantitative estimate of drug-likeness (QED) is 0.829. The number of ether oxygens (including phenoxy) is 1. The number of amidine groups is 1. The minimum Gasteiger partial charge on any atom is -0.504 e. The number of phenols is 1. The topological polar surface area (TPSA) is 57.4 Å². The van der Waals surface area contributed by atoms with Gasteiger partial charge in [-0.1, -0.05) is 0 Å². The molecule has 1 aliphatic heterocycles. The van der Waals surface area contributed by atoms with Crippen LogP contribution in [0.2, 0.25) is 0 Å². The number of benzene rings is 1. The van der Waals surface area contributed by atoms with Gasteiger partial charge in [0.2, 0.25) is 0 Å². The second-order valence-corrected chi connectivity index (χ2v) is 4.03. The zero-order valence-corrected chi connectivity index (χ0v) is 10.8. The van der Waals surface area contributed by atoms with Crippen molar-refractivity contribution in [1.82, 2.24) is 4.90 Å². The summed E-state index contributed by atoms with van der Waals surface area (Å²) in [5.74, 6) is 1.35. The highest BCUT2D eigenvalue weighted by molar-refractivity contribution is 6.05. The summed E-state index contributed by atoms with van der Waals surface area (Å²) in [6, 6.07) is 3.43. The second-order valence-electron chi connectivity index (χ2n) is 4.03. The largest absolute Gasteiger partial charge is 0.504 e. The molecule has 18 heavy (non-hydrogen) atoms. The van der Waals surface area contributed by atoms with Gasteiger partial charge in [-0.3, -0.25) is 9.98 Å². The van der Waals surface area contributed by atoms with Gasteiger partial charge in [-0.15, -0.1) is 0 Å². The Morgan fingerprint density at radius 2 is 2.28 bits per heavy atom. The van der Waals surface area contributed by atoms with Crippen LogP contribution in [0.25, 0.3) is 0 Å². The molecule has 0 unspecified atom stereocenters. The normalized spacial score (nSPS) is 15.3. The van der Waals surface area contributed by atoms with Crippen LogP contribution in [0.5, 0.6) is 11.5 Å². The Kier molecular flexibility index (Phi) is 3.50. The van der Waals surface area contributed by atoms with E-state index < -0.39 is 0 Å². The first-order chi connectivity index (χ1) is 8.69. The molecule has 0 fully saturated rings. The van der Waals surface area contributed by atoms with Crippen LogP contribution in [-0.2, 0) is 0 Å². The number of phenolic OH excluding ortho intramolecular Hbond substituents is 1. The van der Waals surface area contributed by atoms with Gasteiger partial charge in [0, 0.05) is 25.4 Å². The lowest BCUT2D eigenvalue weighted by Crippen LogP contribution is -2.23. The number of hydrogen-bond acceptors (Lipinski definition) is 5. The van der Waals surface area contributed by atoms with Crippen molar-refractivity contribution in [2.75, 3.05) is 27.2 Å². The highest BCUT2D eigenvalue weighted by Crippen LogP contribution is 2.40. The van der Waals surface area contributed by atoms with Crippen LogP contribution >= 0.6 is 0 Å². The highest BCUT2D eigenvalue weighted by Gasteiger charge is 2.21. The van der Waals surface area contributed by atoms with Crippen molar-refractivity contribution in [3.63, 3.8) is 0 Å². The predicted octanol–water partition coefficient (Wildman–Crippen LogP) is 1.81. The third kappa shape index (κ3) is 2.03. The average molecular weight is 247 g/mol. The van der Waals surface area contributed by atoms with Crippen molar-refractivity contribution in [3.8, 4) is 11.5 Å². The minimum absolute atomic E-state index is 0.0862. The lowest BCUT2D eigenvalue weighted by molar-refractivity contribution is 0.374. The van der Waals surface area contributed by atoms with E-state index in [0.29, 0.717) is 11.4 Å². The van der Waals surface area contributed by atoms with Crippen LogP contribution in [0, 0.1) is 0 Å². The number of methoxy groups -OCH3 is 1. The van der Waals surface area contributed by atoms with Gasteiger partial charge < -0.3 is 14.7 Å². The summed E-state index contributed by atoms with van der Waals surface area (Å²) in [5.41, 5.74) is 1.50. The molecule has 96 valence electrons. The lowest BCUT2D eigenvalue weighted by atomic mass is 10.1. The van der Waals surface area contributed by atoms with Gasteiger partial charge >= 0.3 is 0 Å². The summed E-state index contributed by atoms with van der Waals surface area (Å²) in [6.45, 7) is 3.51. The van der Waals surface area contributed by atoms with Crippen molar-refractivity contribution < 1.29 is 9.84 Å². The number of hydrogen-bond donors (Lipinski definition) is 1. The van der Waals surface area contributed by atoms with Crippen molar-refractivity contribution in [2.45, 2.75) is 6.92 Å². The van der Waals surface area contributed by atoms with Gasteiger partial charge in [-0.25, -0.2) is 0 Å².